The number of rotatable bonds is 3. The Morgan fingerprint density at radius 1 is 1.44 bits per heavy atom. The number of halogens is 1. The number of nitrogens with zero attached hydrogens (tertiary/aromatic N) is 4. The molecule has 0 saturated heterocycles. The van der Waals surface area contributed by atoms with Gasteiger partial charge in [-0.15, -0.1) is 11.6 Å². The molecule has 2 aromatic rings. The van der Waals surface area contributed by atoms with Crippen molar-refractivity contribution in [2.45, 2.75) is 38.1 Å². The topological polar surface area (TPSA) is 55.1 Å². The van der Waals surface area contributed by atoms with Crippen molar-refractivity contribution in [3.63, 3.8) is 0 Å². The van der Waals surface area contributed by atoms with Gasteiger partial charge in [-0.25, -0.2) is 4.98 Å². The summed E-state index contributed by atoms with van der Waals surface area (Å²) in [7, 11) is 0. The fourth-order valence-corrected chi connectivity index (χ4v) is 2.97. The molecule has 0 aliphatic heterocycles. The van der Waals surface area contributed by atoms with Crippen LogP contribution >= 0.6 is 11.6 Å². The van der Waals surface area contributed by atoms with Crippen molar-refractivity contribution in [1.29, 1.82) is 0 Å². The first-order valence-electron chi connectivity index (χ1n) is 6.24. The first-order chi connectivity index (χ1) is 8.72. The Morgan fingerprint density at radius 3 is 2.94 bits per heavy atom. The molecule has 0 unspecified atom stereocenters. The molecule has 0 spiro atoms. The minimum Gasteiger partial charge on any atom is -0.363 e. The largest absolute Gasteiger partial charge is 0.363 e. The zero-order chi connectivity index (χ0) is 12.6. The smallest absolute Gasteiger partial charge is 0.254 e. The normalized spacial score (nSPS) is 18.3. The van der Waals surface area contributed by atoms with Gasteiger partial charge in [0.05, 0.1) is 5.54 Å². The minimum absolute atomic E-state index is 0.00573. The van der Waals surface area contributed by atoms with Gasteiger partial charge in [-0.2, -0.15) is 14.6 Å². The summed E-state index contributed by atoms with van der Waals surface area (Å²) in [6.07, 6.45) is 6.19. The molecule has 1 saturated carbocycles. The highest BCUT2D eigenvalue weighted by molar-refractivity contribution is 6.18. The van der Waals surface area contributed by atoms with E-state index in [0.29, 0.717) is 11.7 Å². The number of aryl methyl sites for hydroxylation is 1. The Bertz CT molecular complexity index is 559. The molecule has 18 heavy (non-hydrogen) atoms. The number of alkyl halides is 1. The average molecular weight is 266 g/mol. The highest BCUT2D eigenvalue weighted by atomic mass is 35.5. The van der Waals surface area contributed by atoms with Crippen LogP contribution in [0, 0.1) is 6.92 Å². The summed E-state index contributed by atoms with van der Waals surface area (Å²) in [5.41, 5.74) is 0.925. The zero-order valence-electron chi connectivity index (χ0n) is 10.4. The molecule has 0 amide bonds. The lowest BCUT2D eigenvalue weighted by atomic mass is 10.0. The Morgan fingerprint density at radius 2 is 2.22 bits per heavy atom. The predicted molar refractivity (Wildman–Crippen MR) is 71.1 cm³/mol. The van der Waals surface area contributed by atoms with Gasteiger partial charge in [0.2, 0.25) is 0 Å². The third-order valence-electron chi connectivity index (χ3n) is 3.59. The molecule has 1 aliphatic carbocycles. The van der Waals surface area contributed by atoms with E-state index in [1.54, 1.807) is 4.52 Å². The van der Waals surface area contributed by atoms with Gasteiger partial charge in [-0.3, -0.25) is 0 Å². The van der Waals surface area contributed by atoms with Crippen LogP contribution in [0.5, 0.6) is 0 Å². The Labute approximate surface area is 111 Å². The van der Waals surface area contributed by atoms with E-state index >= 15 is 0 Å². The lowest BCUT2D eigenvalue weighted by Crippen LogP contribution is -2.37. The van der Waals surface area contributed by atoms with E-state index < -0.39 is 0 Å². The number of anilines is 1. The summed E-state index contributed by atoms with van der Waals surface area (Å²) < 4.78 is 1.74. The SMILES string of the molecule is Cc1cc(NC2(CCl)CCCC2)n2ncnc2n1. The van der Waals surface area contributed by atoms with Gasteiger partial charge < -0.3 is 5.32 Å². The maximum atomic E-state index is 6.16. The number of fused-ring (bicyclic) bond motifs is 1. The molecule has 6 heteroatoms. The maximum absolute atomic E-state index is 6.16. The van der Waals surface area contributed by atoms with E-state index in [1.807, 2.05) is 13.0 Å². The number of nitrogens with one attached hydrogen (secondary N) is 1. The third-order valence-corrected chi connectivity index (χ3v) is 4.10. The number of hydrogen-bond donors (Lipinski definition) is 1. The van der Waals surface area contributed by atoms with Gasteiger partial charge in [-0.05, 0) is 19.8 Å². The van der Waals surface area contributed by atoms with Gasteiger partial charge in [0.15, 0.2) is 0 Å². The lowest BCUT2D eigenvalue weighted by Gasteiger charge is -2.29. The van der Waals surface area contributed by atoms with Crippen molar-refractivity contribution in [3.8, 4) is 0 Å². The zero-order valence-corrected chi connectivity index (χ0v) is 11.1. The van der Waals surface area contributed by atoms with Gasteiger partial charge in [-0.1, -0.05) is 12.8 Å². The van der Waals surface area contributed by atoms with E-state index in [1.165, 1.54) is 19.2 Å². The molecule has 0 bridgehead atoms. The van der Waals surface area contributed by atoms with E-state index in [-0.39, 0.29) is 5.54 Å². The van der Waals surface area contributed by atoms with Gasteiger partial charge in [0.1, 0.15) is 12.1 Å². The van der Waals surface area contributed by atoms with Crippen molar-refractivity contribution in [1.82, 2.24) is 19.6 Å². The molecular formula is C12H16ClN5. The molecule has 0 radical (unpaired) electrons. The monoisotopic (exact) mass is 265 g/mol. The van der Waals surface area contributed by atoms with Gasteiger partial charge in [0, 0.05) is 17.6 Å². The molecule has 2 aromatic heterocycles. The second kappa shape index (κ2) is 4.39. The van der Waals surface area contributed by atoms with Crippen LogP contribution in [-0.2, 0) is 0 Å². The molecule has 5 nitrogen and oxygen atoms in total. The molecule has 3 rings (SSSR count). The first kappa shape index (κ1) is 11.7. The Hall–Kier alpha value is -1.36. The van der Waals surface area contributed by atoms with Crippen molar-refractivity contribution in [3.05, 3.63) is 18.1 Å². The highest BCUT2D eigenvalue weighted by Gasteiger charge is 2.33. The highest BCUT2D eigenvalue weighted by Crippen LogP contribution is 2.34. The van der Waals surface area contributed by atoms with Crippen LogP contribution in [0.4, 0.5) is 5.82 Å². The standard InChI is InChI=1S/C12H16ClN5/c1-9-6-10(18-11(16-9)14-8-15-18)17-12(7-13)4-2-3-5-12/h6,8,17H,2-5,7H2,1H3. The molecule has 0 atom stereocenters. The van der Waals surface area contributed by atoms with E-state index in [4.69, 9.17) is 11.6 Å². The van der Waals surface area contributed by atoms with Crippen molar-refractivity contribution in [2.75, 3.05) is 11.2 Å². The summed E-state index contributed by atoms with van der Waals surface area (Å²) in [5, 5.41) is 7.77. The second-order valence-corrected chi connectivity index (χ2v) is 5.27. The summed E-state index contributed by atoms with van der Waals surface area (Å²) >= 11 is 6.16. The fourth-order valence-electron chi connectivity index (χ4n) is 2.64. The van der Waals surface area contributed by atoms with Crippen molar-refractivity contribution >= 4 is 23.2 Å². The maximum Gasteiger partial charge on any atom is 0.254 e. The summed E-state index contributed by atoms with van der Waals surface area (Å²) in [6, 6.07) is 1.99. The number of aromatic nitrogens is 4. The molecule has 2 heterocycles. The van der Waals surface area contributed by atoms with Crippen LogP contribution < -0.4 is 5.32 Å². The fraction of sp³-hybridized carbons (Fsp3) is 0.583. The lowest BCUT2D eigenvalue weighted by molar-refractivity contribution is 0.534. The van der Waals surface area contributed by atoms with Crippen LogP contribution in [0.25, 0.3) is 5.78 Å². The van der Waals surface area contributed by atoms with Crippen LogP contribution in [0.3, 0.4) is 0 Å². The van der Waals surface area contributed by atoms with Gasteiger partial charge >= 0.3 is 0 Å². The second-order valence-electron chi connectivity index (χ2n) is 5.00. The van der Waals surface area contributed by atoms with E-state index in [2.05, 4.69) is 20.4 Å². The molecule has 1 aliphatic rings. The van der Waals surface area contributed by atoms with E-state index in [0.717, 1.165) is 24.4 Å². The van der Waals surface area contributed by atoms with E-state index in [9.17, 15) is 0 Å². The third kappa shape index (κ3) is 1.92. The summed E-state index contributed by atoms with van der Waals surface area (Å²) in [5.74, 6) is 2.17. The van der Waals surface area contributed by atoms with Gasteiger partial charge in [0.25, 0.3) is 5.78 Å². The van der Waals surface area contributed by atoms with Crippen LogP contribution in [0.2, 0.25) is 0 Å². The molecule has 96 valence electrons. The quantitative estimate of drug-likeness (QED) is 0.866. The predicted octanol–water partition coefficient (Wildman–Crippen LogP) is 2.40. The summed E-state index contributed by atoms with van der Waals surface area (Å²) in [6.45, 7) is 1.96. The molecule has 0 aromatic carbocycles. The van der Waals surface area contributed by atoms with Crippen molar-refractivity contribution in [2.24, 2.45) is 0 Å². The van der Waals surface area contributed by atoms with Crippen LogP contribution in [0.15, 0.2) is 12.4 Å². The van der Waals surface area contributed by atoms with Crippen LogP contribution in [-0.4, -0.2) is 31.0 Å². The van der Waals surface area contributed by atoms with Crippen LogP contribution in [0.1, 0.15) is 31.4 Å². The van der Waals surface area contributed by atoms with Crippen molar-refractivity contribution < 1.29 is 0 Å². The Kier molecular flexibility index (Phi) is 2.86. The summed E-state index contributed by atoms with van der Waals surface area (Å²) in [4.78, 5) is 8.47. The average Bonchev–Trinajstić information content (AvgIpc) is 2.98. The number of hydrogen-bond acceptors (Lipinski definition) is 4. The molecule has 1 fully saturated rings. The molecular weight excluding hydrogens is 250 g/mol. The Balaban J connectivity index is 2.01. The first-order valence-corrected chi connectivity index (χ1v) is 6.77. The minimum atomic E-state index is -0.00573. The molecule has 1 N–H and O–H groups in total.